The summed E-state index contributed by atoms with van der Waals surface area (Å²) in [4.78, 5) is 26.0. The molecule has 0 heterocycles. The van der Waals surface area contributed by atoms with Crippen molar-refractivity contribution < 1.29 is 54.6 Å². The molecule has 32 heavy (non-hydrogen) atoms. The van der Waals surface area contributed by atoms with Crippen LogP contribution in [0.2, 0.25) is 0 Å². The smallest absolute Gasteiger partial charge is 0.376 e. The lowest BCUT2D eigenvalue weighted by atomic mass is 10.1. The second kappa shape index (κ2) is 12.6. The number of phosphoric acid groups is 2. The average molecular weight is 512 g/mol. The molecule has 1 aromatic carbocycles. The van der Waals surface area contributed by atoms with Crippen LogP contribution in [0.5, 0.6) is 0 Å². The van der Waals surface area contributed by atoms with Crippen LogP contribution in [0.15, 0.2) is 23.3 Å². The van der Waals surface area contributed by atoms with Crippen LogP contribution in [0.1, 0.15) is 26.7 Å². The molecule has 0 spiro atoms. The van der Waals surface area contributed by atoms with Crippen molar-refractivity contribution in [3.05, 3.63) is 52.4 Å². The molecule has 0 fully saturated rings. The molecule has 184 valence electrons. The van der Waals surface area contributed by atoms with E-state index in [1.165, 1.54) is 6.08 Å². The zero-order valence-electron chi connectivity index (χ0n) is 16.9. The largest absolute Gasteiger partial charge is 0.481 e. The van der Waals surface area contributed by atoms with Crippen LogP contribution >= 0.6 is 15.6 Å². The lowest BCUT2D eigenvalue weighted by molar-refractivity contribution is 0.191. The predicted octanol–water partition coefficient (Wildman–Crippen LogP) is 4.86. The number of benzene rings is 1. The van der Waals surface area contributed by atoms with Crippen LogP contribution in [0.4, 0.5) is 27.6 Å². The van der Waals surface area contributed by atoms with Gasteiger partial charge in [0, 0.05) is 6.54 Å². The molecular formula is C16H23F5N2O7P2. The third kappa shape index (κ3) is 9.88. The maximum absolute atomic E-state index is 13.6. The average Bonchev–Trinajstić information content (AvgIpc) is 2.62. The molecular weight excluding hydrogens is 489 g/mol. The van der Waals surface area contributed by atoms with E-state index in [0.29, 0.717) is 24.0 Å². The summed E-state index contributed by atoms with van der Waals surface area (Å²) < 4.78 is 96.3. The number of nitrogens with one attached hydrogen (secondary N) is 1. The van der Waals surface area contributed by atoms with E-state index in [1.807, 2.05) is 0 Å². The van der Waals surface area contributed by atoms with Gasteiger partial charge in [-0.25, -0.2) is 31.1 Å². The standard InChI is InChI=1S/C16H20F5NO7P2.H3N/c1-9(6-7-28-31(26,27)29-30(23,24)25)4-3-5-10(2)8-22-16-14(20)12(18)11(17)13(19)15(16)21;/h5-6,22H,3-4,7-8H2,1-2H3,(H,26,27)(H2,23,24,25);1H3/b9-6+,10-5+;. The number of phosphoric ester groups is 1. The van der Waals surface area contributed by atoms with Gasteiger partial charge in [-0.2, -0.15) is 4.31 Å². The summed E-state index contributed by atoms with van der Waals surface area (Å²) in [5, 5.41) is 2.16. The molecule has 0 bridgehead atoms. The molecule has 1 aromatic rings. The molecule has 0 radical (unpaired) electrons. The van der Waals surface area contributed by atoms with E-state index >= 15 is 0 Å². The lowest BCUT2D eigenvalue weighted by Crippen LogP contribution is -2.11. The Morgan fingerprint density at radius 2 is 1.41 bits per heavy atom. The summed E-state index contributed by atoms with van der Waals surface area (Å²) in [6.45, 7) is 2.52. The van der Waals surface area contributed by atoms with Crippen LogP contribution in [0, 0.1) is 29.1 Å². The molecule has 0 amide bonds. The van der Waals surface area contributed by atoms with Crippen molar-refractivity contribution in [1.29, 1.82) is 0 Å². The first-order valence-electron chi connectivity index (χ1n) is 8.45. The summed E-state index contributed by atoms with van der Waals surface area (Å²) in [6.07, 6.45) is 3.79. The lowest BCUT2D eigenvalue weighted by Gasteiger charge is -2.11. The fourth-order valence-corrected chi connectivity index (χ4v) is 3.67. The van der Waals surface area contributed by atoms with Crippen molar-refractivity contribution >= 4 is 21.3 Å². The van der Waals surface area contributed by atoms with Crippen LogP contribution in [-0.4, -0.2) is 27.8 Å². The fourth-order valence-electron chi connectivity index (χ4n) is 2.14. The van der Waals surface area contributed by atoms with Gasteiger partial charge in [0.2, 0.25) is 5.82 Å². The minimum absolute atomic E-state index is 0. The van der Waals surface area contributed by atoms with E-state index in [1.54, 1.807) is 19.9 Å². The molecule has 9 nitrogen and oxygen atoms in total. The quantitative estimate of drug-likeness (QED) is 0.0918. The highest BCUT2D eigenvalue weighted by atomic mass is 31.3. The highest BCUT2D eigenvalue weighted by Crippen LogP contribution is 2.57. The number of rotatable bonds is 11. The first-order chi connectivity index (χ1) is 14.1. The fraction of sp³-hybridized carbons (Fsp3) is 0.375. The van der Waals surface area contributed by atoms with Gasteiger partial charge in [-0.15, -0.1) is 0 Å². The van der Waals surface area contributed by atoms with Gasteiger partial charge in [-0.3, -0.25) is 4.52 Å². The highest BCUT2D eigenvalue weighted by Gasteiger charge is 2.31. The van der Waals surface area contributed by atoms with Gasteiger partial charge in [0.05, 0.1) is 6.61 Å². The molecule has 16 heteroatoms. The van der Waals surface area contributed by atoms with Gasteiger partial charge >= 0.3 is 15.6 Å². The molecule has 1 unspecified atom stereocenters. The van der Waals surface area contributed by atoms with Crippen LogP contribution < -0.4 is 11.5 Å². The van der Waals surface area contributed by atoms with Gasteiger partial charge in [-0.05, 0) is 26.7 Å². The summed E-state index contributed by atoms with van der Waals surface area (Å²) in [5.41, 5.74) is 0.0548. The Balaban J connectivity index is 0.00000961. The second-order valence-corrected chi connectivity index (χ2v) is 9.10. The number of allylic oxidation sites excluding steroid dienone is 2. The summed E-state index contributed by atoms with van der Waals surface area (Å²) in [6, 6.07) is 0. The van der Waals surface area contributed by atoms with E-state index in [0.717, 1.165) is 0 Å². The minimum atomic E-state index is -5.20. The number of anilines is 1. The molecule has 1 atom stereocenters. The maximum atomic E-state index is 13.6. The van der Waals surface area contributed by atoms with E-state index in [9.17, 15) is 31.1 Å². The van der Waals surface area contributed by atoms with Gasteiger partial charge in [0.1, 0.15) is 5.69 Å². The third-order valence-electron chi connectivity index (χ3n) is 3.66. The number of hydrogen-bond donors (Lipinski definition) is 5. The zero-order valence-corrected chi connectivity index (χ0v) is 18.7. The minimum Gasteiger partial charge on any atom is -0.376 e. The Labute approximate surface area is 180 Å². The first kappa shape index (κ1) is 30.4. The Bertz CT molecular complexity index is 940. The highest BCUT2D eigenvalue weighted by molar-refractivity contribution is 7.60. The maximum Gasteiger partial charge on any atom is 0.481 e. The Hall–Kier alpha value is -1.63. The number of hydrogen-bond acceptors (Lipinski definition) is 6. The summed E-state index contributed by atoms with van der Waals surface area (Å²) in [5.74, 6) is -10.3. The summed E-state index contributed by atoms with van der Waals surface area (Å²) in [7, 11) is -10.1. The summed E-state index contributed by atoms with van der Waals surface area (Å²) >= 11 is 0. The molecule has 0 aliphatic heterocycles. The normalized spacial score (nSPS) is 14.7. The molecule has 0 aliphatic rings. The Morgan fingerprint density at radius 3 is 1.91 bits per heavy atom. The second-order valence-electron chi connectivity index (χ2n) is 6.27. The van der Waals surface area contributed by atoms with Crippen molar-refractivity contribution in [3.8, 4) is 0 Å². The van der Waals surface area contributed by atoms with Crippen LogP contribution in [-0.2, 0) is 18.0 Å². The van der Waals surface area contributed by atoms with Gasteiger partial charge in [0.15, 0.2) is 23.3 Å². The first-order valence-corrected chi connectivity index (χ1v) is 11.5. The van der Waals surface area contributed by atoms with E-state index in [2.05, 4.69) is 14.2 Å². The van der Waals surface area contributed by atoms with Crippen LogP contribution in [0.25, 0.3) is 0 Å². The zero-order chi connectivity index (χ0) is 24.0. The third-order valence-corrected chi connectivity index (χ3v) is 5.82. The molecule has 0 aromatic heterocycles. The van der Waals surface area contributed by atoms with Gasteiger partial charge < -0.3 is 26.1 Å². The van der Waals surface area contributed by atoms with Crippen molar-refractivity contribution in [3.63, 3.8) is 0 Å². The molecule has 0 aliphatic carbocycles. The van der Waals surface area contributed by atoms with Gasteiger partial charge in [-0.1, -0.05) is 23.3 Å². The van der Waals surface area contributed by atoms with E-state index in [4.69, 9.17) is 14.7 Å². The monoisotopic (exact) mass is 512 g/mol. The Morgan fingerprint density at radius 1 is 0.906 bits per heavy atom. The number of halogens is 5. The molecule has 7 N–H and O–H groups in total. The predicted molar refractivity (Wildman–Crippen MR) is 105 cm³/mol. The van der Waals surface area contributed by atoms with Crippen molar-refractivity contribution in [2.45, 2.75) is 26.7 Å². The Kier molecular flexibility index (Phi) is 11.9. The van der Waals surface area contributed by atoms with Crippen molar-refractivity contribution in [2.75, 3.05) is 18.5 Å². The SMILES string of the molecule is C/C(=C\COP(=O)(O)OP(=O)(O)O)CC/C=C(\C)CNc1c(F)c(F)c(F)c(F)c1F.N. The van der Waals surface area contributed by atoms with E-state index in [-0.39, 0.29) is 12.7 Å². The van der Waals surface area contributed by atoms with Crippen LogP contribution in [0.3, 0.4) is 0 Å². The molecule has 1 rings (SSSR count). The topological polar surface area (TPSA) is 160 Å². The van der Waals surface area contributed by atoms with Gasteiger partial charge in [0.25, 0.3) is 0 Å². The van der Waals surface area contributed by atoms with E-state index < -0.39 is 57.0 Å². The molecule has 0 saturated heterocycles. The van der Waals surface area contributed by atoms with Crippen molar-refractivity contribution in [1.82, 2.24) is 6.15 Å². The molecule has 0 saturated carbocycles. The van der Waals surface area contributed by atoms with Crippen molar-refractivity contribution in [2.24, 2.45) is 0 Å².